The highest BCUT2D eigenvalue weighted by molar-refractivity contribution is 9.10. The summed E-state index contributed by atoms with van der Waals surface area (Å²) in [7, 11) is 0. The van der Waals surface area contributed by atoms with Crippen molar-refractivity contribution >= 4 is 33.6 Å². The van der Waals surface area contributed by atoms with Crippen molar-refractivity contribution in [3.63, 3.8) is 0 Å². The van der Waals surface area contributed by atoms with Crippen LogP contribution in [-0.4, -0.2) is 12.5 Å². The number of ether oxygens (including phenoxy) is 1. The molecule has 0 radical (unpaired) electrons. The number of halogens is 4. The van der Waals surface area contributed by atoms with Gasteiger partial charge in [0.05, 0.1) is 5.56 Å². The molecule has 0 heterocycles. The third kappa shape index (κ3) is 5.63. The van der Waals surface area contributed by atoms with E-state index in [1.807, 2.05) is 0 Å². The van der Waals surface area contributed by atoms with Crippen LogP contribution < -0.4 is 10.1 Å². The van der Waals surface area contributed by atoms with Crippen LogP contribution in [0.1, 0.15) is 11.1 Å². The molecule has 0 aliphatic rings. The summed E-state index contributed by atoms with van der Waals surface area (Å²) in [6.45, 7) is -0.0131. The summed E-state index contributed by atoms with van der Waals surface area (Å²) < 4.78 is 44.4. The average molecular weight is 449 g/mol. The molecular weight excluding hydrogens is 437 g/mol. The average Bonchev–Trinajstić information content (AvgIpc) is 2.64. The molecule has 2 aromatic carbocycles. The summed E-state index contributed by atoms with van der Waals surface area (Å²) in [5.41, 5.74) is -0.912. The van der Waals surface area contributed by atoms with E-state index in [9.17, 15) is 23.2 Å². The maximum Gasteiger partial charge on any atom is 0.416 e. The van der Waals surface area contributed by atoms with E-state index >= 15 is 0 Å². The minimum absolute atomic E-state index is 0.0131. The summed E-state index contributed by atoms with van der Waals surface area (Å²) in [5.74, 6) is 1.80. The van der Waals surface area contributed by atoms with Crippen LogP contribution in [0.4, 0.5) is 18.9 Å². The first kappa shape index (κ1) is 21.1. The number of nitrogens with one attached hydrogen (secondary N) is 1. The lowest BCUT2D eigenvalue weighted by atomic mass is 10.1. The van der Waals surface area contributed by atoms with Crippen LogP contribution in [0.25, 0.3) is 6.08 Å². The molecule has 0 saturated heterocycles. The molecule has 0 bridgehead atoms. The fourth-order valence-electron chi connectivity index (χ4n) is 2.16. The van der Waals surface area contributed by atoms with Gasteiger partial charge in [0.25, 0.3) is 5.91 Å². The molecule has 0 fully saturated rings. The molecule has 0 aliphatic heterocycles. The Labute approximate surface area is 167 Å². The Hall–Kier alpha value is -3.23. The molecule has 2 rings (SSSR count). The Bertz CT molecular complexity index is 1000. The molecule has 8 heteroatoms. The van der Waals surface area contributed by atoms with E-state index in [0.29, 0.717) is 15.8 Å². The molecule has 0 saturated carbocycles. The highest BCUT2D eigenvalue weighted by Crippen LogP contribution is 2.31. The molecule has 0 aromatic heterocycles. The number of benzene rings is 2. The maximum absolute atomic E-state index is 12.8. The highest BCUT2D eigenvalue weighted by Gasteiger charge is 2.30. The second-order valence-electron chi connectivity index (χ2n) is 5.38. The zero-order chi connectivity index (χ0) is 20.7. The lowest BCUT2D eigenvalue weighted by molar-refractivity contribution is -0.137. The van der Waals surface area contributed by atoms with Gasteiger partial charge < -0.3 is 10.1 Å². The lowest BCUT2D eigenvalue weighted by Crippen LogP contribution is -2.14. The number of hydrogen-bond acceptors (Lipinski definition) is 3. The quantitative estimate of drug-likeness (QED) is 0.396. The van der Waals surface area contributed by atoms with E-state index in [4.69, 9.17) is 11.2 Å². The zero-order valence-electron chi connectivity index (χ0n) is 14.2. The van der Waals surface area contributed by atoms with Crippen LogP contribution in [0.2, 0.25) is 0 Å². The number of anilines is 1. The van der Waals surface area contributed by atoms with Gasteiger partial charge in [0.2, 0.25) is 0 Å². The predicted molar refractivity (Wildman–Crippen MR) is 102 cm³/mol. The van der Waals surface area contributed by atoms with Crippen LogP contribution in [0.3, 0.4) is 0 Å². The highest BCUT2D eigenvalue weighted by atomic mass is 79.9. The molecule has 28 heavy (non-hydrogen) atoms. The summed E-state index contributed by atoms with van der Waals surface area (Å²) in [5, 5.41) is 11.6. The number of carbonyl (C=O) groups is 1. The lowest BCUT2D eigenvalue weighted by Gasteiger charge is -2.10. The SMILES string of the molecule is C#CCOc1ccc(Br)cc1/C=C(\C#N)C(=O)Nc1cccc(C(F)(F)F)c1. The molecule has 0 unspecified atom stereocenters. The van der Waals surface area contributed by atoms with Crippen molar-refractivity contribution < 1.29 is 22.7 Å². The number of rotatable bonds is 5. The summed E-state index contributed by atoms with van der Waals surface area (Å²) in [6, 6.07) is 10.8. The first-order chi connectivity index (χ1) is 13.2. The fraction of sp³-hybridized carbons (Fsp3) is 0.100. The normalized spacial score (nSPS) is 11.3. The number of alkyl halides is 3. The summed E-state index contributed by atoms with van der Waals surface area (Å²) in [6.07, 6.45) is 1.88. The van der Waals surface area contributed by atoms with Crippen molar-refractivity contribution in [2.45, 2.75) is 6.18 Å². The van der Waals surface area contributed by atoms with E-state index < -0.39 is 17.6 Å². The van der Waals surface area contributed by atoms with Gasteiger partial charge in [-0.25, -0.2) is 0 Å². The Morgan fingerprint density at radius 2 is 2.04 bits per heavy atom. The molecule has 0 spiro atoms. The predicted octanol–water partition coefficient (Wildman–Crippen LogP) is 5.03. The Balaban J connectivity index is 2.31. The third-order valence-electron chi connectivity index (χ3n) is 3.40. The first-order valence-electron chi connectivity index (χ1n) is 7.71. The number of amides is 1. The van der Waals surface area contributed by atoms with Gasteiger partial charge in [-0.2, -0.15) is 18.4 Å². The van der Waals surface area contributed by atoms with Gasteiger partial charge >= 0.3 is 6.18 Å². The van der Waals surface area contributed by atoms with Crippen molar-refractivity contribution in [1.82, 2.24) is 0 Å². The van der Waals surface area contributed by atoms with Crippen molar-refractivity contribution in [3.05, 3.63) is 63.6 Å². The van der Waals surface area contributed by atoms with Crippen LogP contribution in [-0.2, 0) is 11.0 Å². The van der Waals surface area contributed by atoms with E-state index in [-0.39, 0.29) is 17.9 Å². The molecule has 0 atom stereocenters. The molecule has 1 amide bonds. The van der Waals surface area contributed by atoms with Crippen molar-refractivity contribution in [2.24, 2.45) is 0 Å². The maximum atomic E-state index is 12.8. The van der Waals surface area contributed by atoms with Crippen LogP contribution in [0, 0.1) is 23.7 Å². The van der Waals surface area contributed by atoms with Gasteiger partial charge in [-0.15, -0.1) is 6.42 Å². The molecule has 2 aromatic rings. The summed E-state index contributed by atoms with van der Waals surface area (Å²) in [4.78, 5) is 12.4. The smallest absolute Gasteiger partial charge is 0.416 e. The van der Waals surface area contributed by atoms with Crippen molar-refractivity contribution in [1.29, 1.82) is 5.26 Å². The van der Waals surface area contributed by atoms with Gasteiger partial charge in [0, 0.05) is 15.7 Å². The standard InChI is InChI=1S/C20H12BrF3N2O2/c1-2-8-28-18-7-6-16(21)10-13(18)9-14(12-25)19(27)26-17-5-3-4-15(11-17)20(22,23)24/h1,3-7,9-11H,8H2,(H,26,27)/b14-9+. The van der Waals surface area contributed by atoms with Crippen LogP contribution >= 0.6 is 15.9 Å². The van der Waals surface area contributed by atoms with Crippen molar-refractivity contribution in [3.8, 4) is 24.2 Å². The van der Waals surface area contributed by atoms with Gasteiger partial charge in [0.15, 0.2) is 0 Å². The van der Waals surface area contributed by atoms with Crippen LogP contribution in [0.15, 0.2) is 52.5 Å². The van der Waals surface area contributed by atoms with Gasteiger partial charge in [-0.3, -0.25) is 4.79 Å². The Morgan fingerprint density at radius 1 is 1.29 bits per heavy atom. The van der Waals surface area contributed by atoms with Gasteiger partial charge in [-0.05, 0) is 42.5 Å². The van der Waals surface area contributed by atoms with Crippen molar-refractivity contribution in [2.75, 3.05) is 11.9 Å². The molecular formula is C20H12BrF3N2O2. The Morgan fingerprint density at radius 3 is 2.68 bits per heavy atom. The van der Waals surface area contributed by atoms with E-state index in [1.54, 1.807) is 24.3 Å². The fourth-order valence-corrected chi connectivity index (χ4v) is 2.54. The number of carbonyl (C=O) groups excluding carboxylic acids is 1. The largest absolute Gasteiger partial charge is 0.480 e. The minimum Gasteiger partial charge on any atom is -0.480 e. The second kappa shape index (κ2) is 9.12. The first-order valence-corrected chi connectivity index (χ1v) is 8.50. The zero-order valence-corrected chi connectivity index (χ0v) is 15.8. The number of nitriles is 1. The van der Waals surface area contributed by atoms with E-state index in [1.165, 1.54) is 12.1 Å². The summed E-state index contributed by atoms with van der Waals surface area (Å²) >= 11 is 3.28. The monoisotopic (exact) mass is 448 g/mol. The van der Waals surface area contributed by atoms with Crippen LogP contribution in [0.5, 0.6) is 5.75 Å². The number of hydrogen-bond donors (Lipinski definition) is 1. The molecule has 0 aliphatic carbocycles. The molecule has 1 N–H and O–H groups in total. The van der Waals surface area contributed by atoms with Gasteiger partial charge in [-0.1, -0.05) is 27.9 Å². The third-order valence-corrected chi connectivity index (χ3v) is 3.89. The minimum atomic E-state index is -4.55. The van der Waals surface area contributed by atoms with E-state index in [2.05, 4.69) is 27.2 Å². The van der Waals surface area contributed by atoms with Gasteiger partial charge in [0.1, 0.15) is 24.0 Å². The Kier molecular flexibility index (Phi) is 6.86. The number of nitrogens with zero attached hydrogens (tertiary/aromatic N) is 1. The second-order valence-corrected chi connectivity index (χ2v) is 6.29. The van der Waals surface area contributed by atoms with E-state index in [0.717, 1.165) is 18.2 Å². The molecule has 4 nitrogen and oxygen atoms in total. The topological polar surface area (TPSA) is 62.1 Å². The number of terminal acetylenes is 1. The molecule has 142 valence electrons.